The van der Waals surface area contributed by atoms with E-state index < -0.39 is 11.2 Å². The first kappa shape index (κ1) is 7.59. The number of aromatic hydroxyl groups is 1. The monoisotopic (exact) mass is 182 g/mol. The van der Waals surface area contributed by atoms with Crippen molar-refractivity contribution in [1.82, 2.24) is 19.5 Å². The lowest BCUT2D eigenvalue weighted by Crippen LogP contribution is -2.22. The molecular weight excluding hydrogens is 176 g/mol. The molecule has 13 heavy (non-hydrogen) atoms. The van der Waals surface area contributed by atoms with E-state index in [0.717, 1.165) is 0 Å². The molecule has 0 aliphatic rings. The molecule has 68 valence electrons. The van der Waals surface area contributed by atoms with E-state index in [0.29, 0.717) is 0 Å². The molecule has 0 aliphatic heterocycles. The second-order valence-electron chi connectivity index (χ2n) is 2.58. The zero-order chi connectivity index (χ0) is 9.59. The van der Waals surface area contributed by atoms with Gasteiger partial charge in [0.1, 0.15) is 0 Å². The zero-order valence-corrected chi connectivity index (χ0v) is 6.66. The van der Waals surface area contributed by atoms with Crippen molar-refractivity contribution in [2.75, 3.05) is 0 Å². The average Bonchev–Trinajstić information content (AvgIpc) is 2.27. The van der Waals surface area contributed by atoms with E-state index in [1.807, 2.05) is 4.98 Å². The van der Waals surface area contributed by atoms with Gasteiger partial charge in [-0.2, -0.15) is 4.98 Å². The van der Waals surface area contributed by atoms with Crippen LogP contribution in [0.15, 0.2) is 9.59 Å². The van der Waals surface area contributed by atoms with Gasteiger partial charge in [0.05, 0.1) is 0 Å². The molecule has 0 fully saturated rings. The summed E-state index contributed by atoms with van der Waals surface area (Å²) in [6.45, 7) is 0. The van der Waals surface area contributed by atoms with Gasteiger partial charge in [-0.15, -0.1) is 0 Å². The topological polar surface area (TPSA) is 104 Å². The van der Waals surface area contributed by atoms with Crippen molar-refractivity contribution in [2.45, 2.75) is 0 Å². The molecule has 0 spiro atoms. The summed E-state index contributed by atoms with van der Waals surface area (Å²) in [6.07, 6.45) is 0. The van der Waals surface area contributed by atoms with Crippen LogP contribution in [0.1, 0.15) is 0 Å². The summed E-state index contributed by atoms with van der Waals surface area (Å²) in [6, 6.07) is -0.317. The summed E-state index contributed by atoms with van der Waals surface area (Å²) in [5.41, 5.74) is -1.00. The van der Waals surface area contributed by atoms with E-state index in [4.69, 9.17) is 5.11 Å². The largest absolute Gasteiger partial charge is 0.480 e. The highest BCUT2D eigenvalue weighted by molar-refractivity contribution is 5.70. The molecule has 2 rings (SSSR count). The maximum atomic E-state index is 11.2. The molecule has 0 unspecified atom stereocenters. The number of H-pyrrole nitrogens is 2. The van der Waals surface area contributed by atoms with Gasteiger partial charge in [-0.1, -0.05) is 0 Å². The number of aromatic nitrogens is 4. The Balaban J connectivity index is 3.12. The number of hydrogen-bond donors (Lipinski definition) is 3. The highest BCUT2D eigenvalue weighted by Crippen LogP contribution is 2.10. The summed E-state index contributed by atoms with van der Waals surface area (Å²) < 4.78 is 1.18. The average molecular weight is 182 g/mol. The van der Waals surface area contributed by atoms with Gasteiger partial charge in [-0.3, -0.25) is 19.3 Å². The Morgan fingerprint density at radius 1 is 1.38 bits per heavy atom. The van der Waals surface area contributed by atoms with Crippen LogP contribution in [0.3, 0.4) is 0 Å². The van der Waals surface area contributed by atoms with Crippen LogP contribution in [0.5, 0.6) is 6.01 Å². The molecule has 2 aromatic rings. The maximum absolute atomic E-state index is 11.2. The van der Waals surface area contributed by atoms with Gasteiger partial charge in [0.25, 0.3) is 11.6 Å². The van der Waals surface area contributed by atoms with Crippen molar-refractivity contribution in [3.05, 3.63) is 20.8 Å². The van der Waals surface area contributed by atoms with E-state index in [1.54, 1.807) is 0 Å². The van der Waals surface area contributed by atoms with E-state index in [2.05, 4.69) is 9.97 Å². The molecule has 0 bridgehead atoms. The van der Waals surface area contributed by atoms with E-state index in [1.165, 1.54) is 11.6 Å². The number of aryl methyl sites for hydroxylation is 1. The van der Waals surface area contributed by atoms with E-state index >= 15 is 0 Å². The molecule has 0 atom stereocenters. The van der Waals surface area contributed by atoms with E-state index in [9.17, 15) is 9.59 Å². The van der Waals surface area contributed by atoms with Crippen LogP contribution in [-0.2, 0) is 7.05 Å². The van der Waals surface area contributed by atoms with Gasteiger partial charge in [-0.25, -0.2) is 4.79 Å². The minimum atomic E-state index is -0.643. The fraction of sp³-hybridized carbons (Fsp3) is 0.167. The van der Waals surface area contributed by atoms with Gasteiger partial charge in [-0.05, 0) is 0 Å². The van der Waals surface area contributed by atoms with Crippen molar-refractivity contribution < 1.29 is 5.11 Å². The van der Waals surface area contributed by atoms with Crippen LogP contribution < -0.4 is 11.2 Å². The Labute approximate surface area is 70.7 Å². The lowest BCUT2D eigenvalue weighted by molar-refractivity contribution is 0.415. The van der Waals surface area contributed by atoms with Crippen LogP contribution in [0.4, 0.5) is 0 Å². The van der Waals surface area contributed by atoms with Crippen molar-refractivity contribution in [1.29, 1.82) is 0 Å². The number of nitrogens with one attached hydrogen (secondary N) is 2. The number of imidazole rings is 1. The van der Waals surface area contributed by atoms with Gasteiger partial charge < -0.3 is 5.11 Å². The first-order valence-corrected chi connectivity index (χ1v) is 3.47. The molecule has 3 N–H and O–H groups in total. The third-order valence-corrected chi connectivity index (χ3v) is 1.75. The summed E-state index contributed by atoms with van der Waals surface area (Å²) in [7, 11) is 1.47. The second kappa shape index (κ2) is 2.22. The predicted octanol–water partition coefficient (Wildman–Crippen LogP) is -1.34. The van der Waals surface area contributed by atoms with Crippen molar-refractivity contribution in [3.8, 4) is 6.01 Å². The minimum Gasteiger partial charge on any atom is -0.480 e. The molecule has 0 amide bonds. The highest BCUT2D eigenvalue weighted by Gasteiger charge is 2.10. The Kier molecular flexibility index (Phi) is 1.30. The number of hydrogen-bond acceptors (Lipinski definition) is 4. The Bertz CT molecular complexity index is 576. The molecule has 2 aromatic heterocycles. The molecule has 7 heteroatoms. The first-order chi connectivity index (χ1) is 6.09. The molecule has 0 saturated heterocycles. The third kappa shape index (κ3) is 0.934. The molecule has 0 radical (unpaired) electrons. The fourth-order valence-corrected chi connectivity index (χ4v) is 1.13. The van der Waals surface area contributed by atoms with Crippen LogP contribution in [0.2, 0.25) is 0 Å². The minimum absolute atomic E-state index is 0.0775. The number of aromatic amines is 2. The van der Waals surface area contributed by atoms with E-state index in [-0.39, 0.29) is 17.2 Å². The smallest absolute Gasteiger partial charge is 0.327 e. The fourth-order valence-electron chi connectivity index (χ4n) is 1.13. The van der Waals surface area contributed by atoms with Crippen LogP contribution in [-0.4, -0.2) is 24.6 Å². The lowest BCUT2D eigenvalue weighted by Gasteiger charge is -1.91. The Morgan fingerprint density at radius 2 is 2.08 bits per heavy atom. The standard InChI is InChI=1S/C6H6N4O3/c1-10-2-3(8-6(10)13)7-5(12)9-4(2)11/h1H3,(H3,7,8,9,11,12,13). The Hall–Kier alpha value is -2.05. The third-order valence-electron chi connectivity index (χ3n) is 1.75. The maximum Gasteiger partial charge on any atom is 0.327 e. The number of fused-ring (bicyclic) bond motifs is 1. The van der Waals surface area contributed by atoms with Crippen LogP contribution in [0.25, 0.3) is 11.2 Å². The summed E-state index contributed by atoms with van der Waals surface area (Å²) in [5.74, 6) is 0. The van der Waals surface area contributed by atoms with Gasteiger partial charge in [0.15, 0.2) is 11.2 Å². The van der Waals surface area contributed by atoms with Crippen LogP contribution >= 0.6 is 0 Å². The molecule has 7 nitrogen and oxygen atoms in total. The number of nitrogens with zero attached hydrogens (tertiary/aromatic N) is 2. The Morgan fingerprint density at radius 3 is 2.77 bits per heavy atom. The molecule has 0 saturated carbocycles. The molecular formula is C6H6N4O3. The van der Waals surface area contributed by atoms with Gasteiger partial charge in [0, 0.05) is 7.05 Å². The van der Waals surface area contributed by atoms with Crippen molar-refractivity contribution in [2.24, 2.45) is 7.05 Å². The lowest BCUT2D eigenvalue weighted by atomic mass is 10.5. The quantitative estimate of drug-likeness (QED) is 0.468. The van der Waals surface area contributed by atoms with Crippen molar-refractivity contribution >= 4 is 11.2 Å². The highest BCUT2D eigenvalue weighted by atomic mass is 16.3. The zero-order valence-electron chi connectivity index (χ0n) is 6.66. The summed E-state index contributed by atoms with van der Waals surface area (Å²) >= 11 is 0. The summed E-state index contributed by atoms with van der Waals surface area (Å²) in [5, 5.41) is 9.14. The summed E-state index contributed by atoms with van der Waals surface area (Å²) in [4.78, 5) is 29.9. The second-order valence-corrected chi connectivity index (χ2v) is 2.58. The van der Waals surface area contributed by atoms with Gasteiger partial charge >= 0.3 is 5.69 Å². The molecule has 2 heterocycles. The number of rotatable bonds is 0. The normalized spacial score (nSPS) is 10.8. The molecule has 0 aliphatic carbocycles. The van der Waals surface area contributed by atoms with Crippen LogP contribution in [0, 0.1) is 0 Å². The molecule has 0 aromatic carbocycles. The SMILES string of the molecule is Cn1c(O)nc2[nH]c(=O)[nH]c(=O)c21. The predicted molar refractivity (Wildman–Crippen MR) is 43.6 cm³/mol. The first-order valence-electron chi connectivity index (χ1n) is 3.47. The van der Waals surface area contributed by atoms with Gasteiger partial charge in [0.2, 0.25) is 0 Å². The van der Waals surface area contributed by atoms with Crippen molar-refractivity contribution in [3.63, 3.8) is 0 Å².